The molecule has 0 spiro atoms. The van der Waals surface area contributed by atoms with E-state index in [-0.39, 0.29) is 6.54 Å². The van der Waals surface area contributed by atoms with Crippen LogP contribution in [0.5, 0.6) is 11.5 Å². The fourth-order valence-electron chi connectivity index (χ4n) is 4.99. The number of rotatable bonds is 3. The van der Waals surface area contributed by atoms with E-state index in [1.165, 1.54) is 17.2 Å². The molecule has 33 heavy (non-hydrogen) atoms. The Morgan fingerprint density at radius 1 is 0.970 bits per heavy atom. The third-order valence-corrected chi connectivity index (χ3v) is 6.77. The lowest BCUT2D eigenvalue weighted by Gasteiger charge is -2.25. The molecule has 1 fully saturated rings. The molecule has 0 radical (unpaired) electrons. The molecule has 1 aliphatic carbocycles. The summed E-state index contributed by atoms with van der Waals surface area (Å²) in [5.41, 5.74) is 2.31. The van der Waals surface area contributed by atoms with Crippen LogP contribution in [0.2, 0.25) is 0 Å². The molecule has 2 aliphatic heterocycles. The molecule has 1 unspecified atom stereocenters. The van der Waals surface area contributed by atoms with E-state index >= 15 is 0 Å². The molecule has 1 aromatic heterocycles. The number of urea groups is 1. The van der Waals surface area contributed by atoms with Crippen LogP contribution >= 0.6 is 0 Å². The van der Waals surface area contributed by atoms with Crippen molar-refractivity contribution in [1.29, 1.82) is 0 Å². The van der Waals surface area contributed by atoms with Crippen molar-refractivity contribution in [3.63, 3.8) is 0 Å². The number of aryl methyl sites for hydroxylation is 2. The quantitative estimate of drug-likeness (QED) is 0.491. The largest absolute Gasteiger partial charge is 0.486 e. The van der Waals surface area contributed by atoms with Crippen molar-refractivity contribution in [1.82, 2.24) is 10.2 Å². The van der Waals surface area contributed by atoms with Gasteiger partial charge in [-0.05, 0) is 72.7 Å². The highest BCUT2D eigenvalue weighted by molar-refractivity contribution is 6.07. The Labute approximate surface area is 189 Å². The fourth-order valence-corrected chi connectivity index (χ4v) is 4.99. The Bertz CT molecular complexity index is 1390. The molecule has 0 saturated carbocycles. The van der Waals surface area contributed by atoms with Gasteiger partial charge in [0, 0.05) is 11.5 Å². The van der Waals surface area contributed by atoms with Crippen molar-refractivity contribution in [2.24, 2.45) is 0 Å². The summed E-state index contributed by atoms with van der Waals surface area (Å²) in [7, 11) is 0. The first-order valence-corrected chi connectivity index (χ1v) is 11.1. The third-order valence-electron chi connectivity index (χ3n) is 6.77. The summed E-state index contributed by atoms with van der Waals surface area (Å²) in [6, 6.07) is 10.0. The standard InChI is InChI=1S/C25H22N2O6/c1-25(17-5-6-19-21(12-17)32-8-7-31-19)23(29)27(24(30)26-25)13-16-11-22(28)33-20-10-15-4-2-3-14(15)9-18(16)20/h5-6,9-12H,2-4,7-8,13H2,1H3,(H,26,30). The number of amides is 3. The molecule has 8 heteroatoms. The van der Waals surface area contributed by atoms with Crippen LogP contribution < -0.4 is 20.4 Å². The molecule has 2 aromatic carbocycles. The predicted octanol–water partition coefficient (Wildman–Crippen LogP) is 3.02. The van der Waals surface area contributed by atoms with Crippen molar-refractivity contribution in [3.05, 3.63) is 69.1 Å². The lowest BCUT2D eigenvalue weighted by atomic mass is 9.91. The van der Waals surface area contributed by atoms with Crippen LogP contribution in [0.3, 0.4) is 0 Å². The molecular formula is C25H22N2O6. The second kappa shape index (κ2) is 7.10. The number of hydrogen-bond acceptors (Lipinski definition) is 6. The average molecular weight is 446 g/mol. The van der Waals surface area contributed by atoms with Gasteiger partial charge in [0.25, 0.3) is 5.91 Å². The second-order valence-corrected chi connectivity index (χ2v) is 8.87. The van der Waals surface area contributed by atoms with E-state index in [0.717, 1.165) is 29.5 Å². The monoisotopic (exact) mass is 446 g/mol. The molecule has 3 aliphatic rings. The molecule has 8 nitrogen and oxygen atoms in total. The van der Waals surface area contributed by atoms with Gasteiger partial charge in [-0.25, -0.2) is 9.59 Å². The zero-order valence-corrected chi connectivity index (χ0v) is 18.1. The Balaban J connectivity index is 1.36. The Kier molecular flexibility index (Phi) is 4.27. The summed E-state index contributed by atoms with van der Waals surface area (Å²) in [5, 5.41) is 3.57. The highest BCUT2D eigenvalue weighted by Gasteiger charge is 2.49. The Morgan fingerprint density at radius 3 is 2.55 bits per heavy atom. The van der Waals surface area contributed by atoms with Crippen molar-refractivity contribution < 1.29 is 23.5 Å². The number of hydrogen-bond donors (Lipinski definition) is 1. The topological polar surface area (TPSA) is 98.1 Å². The van der Waals surface area contributed by atoms with E-state index in [1.54, 1.807) is 25.1 Å². The summed E-state index contributed by atoms with van der Waals surface area (Å²) in [5.74, 6) is 0.755. The third kappa shape index (κ3) is 3.08. The van der Waals surface area contributed by atoms with Crippen molar-refractivity contribution in [2.45, 2.75) is 38.3 Å². The molecule has 3 aromatic rings. The molecule has 3 heterocycles. The van der Waals surface area contributed by atoms with Crippen LogP contribution in [0.25, 0.3) is 11.0 Å². The van der Waals surface area contributed by atoms with Crippen LogP contribution in [0.1, 0.15) is 35.6 Å². The zero-order chi connectivity index (χ0) is 22.7. The lowest BCUT2D eigenvalue weighted by Crippen LogP contribution is -2.41. The maximum atomic E-state index is 13.5. The van der Waals surface area contributed by atoms with Gasteiger partial charge >= 0.3 is 11.7 Å². The van der Waals surface area contributed by atoms with Crippen LogP contribution in [0, 0.1) is 0 Å². The van der Waals surface area contributed by atoms with Crippen molar-refractivity contribution in [2.75, 3.05) is 13.2 Å². The second-order valence-electron chi connectivity index (χ2n) is 8.87. The maximum absolute atomic E-state index is 13.5. The SMILES string of the molecule is CC1(c2ccc3c(c2)OCCO3)NC(=O)N(Cc2cc(=O)oc3cc4c(cc23)CCC4)C1=O. The maximum Gasteiger partial charge on any atom is 0.336 e. The number of fused-ring (bicyclic) bond motifs is 3. The van der Waals surface area contributed by atoms with E-state index < -0.39 is 23.1 Å². The van der Waals surface area contributed by atoms with Gasteiger partial charge in [0.05, 0.1) is 6.54 Å². The summed E-state index contributed by atoms with van der Waals surface area (Å²) in [6.07, 6.45) is 2.99. The minimum absolute atomic E-state index is 0.0221. The summed E-state index contributed by atoms with van der Waals surface area (Å²) >= 11 is 0. The first kappa shape index (κ1) is 19.8. The van der Waals surface area contributed by atoms with E-state index in [0.29, 0.717) is 41.4 Å². The summed E-state index contributed by atoms with van der Waals surface area (Å²) in [6.45, 7) is 2.54. The van der Waals surface area contributed by atoms with Gasteiger partial charge < -0.3 is 19.2 Å². The van der Waals surface area contributed by atoms with Gasteiger partial charge in [0.15, 0.2) is 11.5 Å². The Morgan fingerprint density at radius 2 is 1.73 bits per heavy atom. The normalized spacial score (nSPS) is 21.4. The number of carbonyl (C=O) groups excluding carboxylic acids is 2. The molecule has 0 bridgehead atoms. The highest BCUT2D eigenvalue weighted by Crippen LogP contribution is 2.37. The number of ether oxygens (including phenoxy) is 2. The van der Waals surface area contributed by atoms with E-state index in [1.807, 2.05) is 12.1 Å². The fraction of sp³-hybridized carbons (Fsp3) is 0.320. The van der Waals surface area contributed by atoms with Crippen LogP contribution in [-0.2, 0) is 29.7 Å². The summed E-state index contributed by atoms with van der Waals surface area (Å²) < 4.78 is 16.6. The van der Waals surface area contributed by atoms with Gasteiger partial charge in [0.2, 0.25) is 0 Å². The van der Waals surface area contributed by atoms with Crippen LogP contribution in [0.15, 0.2) is 45.6 Å². The number of nitrogens with zero attached hydrogens (tertiary/aromatic N) is 1. The van der Waals surface area contributed by atoms with E-state index in [4.69, 9.17) is 13.9 Å². The molecule has 1 N–H and O–H groups in total. The van der Waals surface area contributed by atoms with E-state index in [2.05, 4.69) is 5.32 Å². The number of carbonyl (C=O) groups is 2. The van der Waals surface area contributed by atoms with E-state index in [9.17, 15) is 14.4 Å². The number of imide groups is 1. The Hall–Kier alpha value is -3.81. The van der Waals surface area contributed by atoms with Gasteiger partial charge in [-0.15, -0.1) is 0 Å². The smallest absolute Gasteiger partial charge is 0.336 e. The molecule has 6 rings (SSSR count). The molecule has 1 atom stereocenters. The van der Waals surface area contributed by atoms with Gasteiger partial charge in [-0.2, -0.15) is 0 Å². The lowest BCUT2D eigenvalue weighted by molar-refractivity contribution is -0.131. The minimum atomic E-state index is -1.26. The molecule has 3 amide bonds. The number of benzene rings is 2. The molecular weight excluding hydrogens is 424 g/mol. The van der Waals surface area contributed by atoms with Crippen LogP contribution in [-0.4, -0.2) is 30.1 Å². The molecule has 1 saturated heterocycles. The predicted molar refractivity (Wildman–Crippen MR) is 118 cm³/mol. The first-order chi connectivity index (χ1) is 15.9. The molecule has 168 valence electrons. The zero-order valence-electron chi connectivity index (χ0n) is 18.1. The average Bonchev–Trinajstić information content (AvgIpc) is 3.35. The van der Waals surface area contributed by atoms with Crippen molar-refractivity contribution >= 4 is 22.9 Å². The minimum Gasteiger partial charge on any atom is -0.486 e. The number of nitrogens with one attached hydrogen (secondary N) is 1. The van der Waals surface area contributed by atoms with Gasteiger partial charge in [-0.1, -0.05) is 6.07 Å². The summed E-state index contributed by atoms with van der Waals surface area (Å²) in [4.78, 5) is 39.8. The van der Waals surface area contributed by atoms with Crippen molar-refractivity contribution in [3.8, 4) is 11.5 Å². The van der Waals surface area contributed by atoms with Gasteiger partial charge in [0.1, 0.15) is 24.3 Å². The highest BCUT2D eigenvalue weighted by atomic mass is 16.6. The first-order valence-electron chi connectivity index (χ1n) is 11.1. The van der Waals surface area contributed by atoms with Crippen LogP contribution in [0.4, 0.5) is 4.79 Å². The van der Waals surface area contributed by atoms with Gasteiger partial charge in [-0.3, -0.25) is 9.69 Å².